The Kier molecular flexibility index (Phi) is 2.93. The zero-order valence-electron chi connectivity index (χ0n) is 8.53. The van der Waals surface area contributed by atoms with E-state index in [9.17, 15) is 0 Å². The quantitative estimate of drug-likeness (QED) is 0.739. The lowest BCUT2D eigenvalue weighted by atomic mass is 10.3. The highest BCUT2D eigenvalue weighted by Crippen LogP contribution is 2.26. The van der Waals surface area contributed by atoms with E-state index in [2.05, 4.69) is 9.97 Å². The zero-order chi connectivity index (χ0) is 10.8. The first kappa shape index (κ1) is 10.4. The highest BCUT2D eigenvalue weighted by Gasteiger charge is 2.18. The van der Waals surface area contributed by atoms with Gasteiger partial charge in [0, 0.05) is 6.54 Å². The normalized spacial score (nSPS) is 16.8. The molecule has 0 unspecified atom stereocenters. The molecule has 1 aliphatic rings. The molecule has 0 aliphatic carbocycles. The van der Waals surface area contributed by atoms with Crippen LogP contribution in [0.1, 0.15) is 18.5 Å². The van der Waals surface area contributed by atoms with Crippen molar-refractivity contribution in [3.05, 3.63) is 11.0 Å². The monoisotopic (exact) mass is 228 g/mol. The fourth-order valence-corrected chi connectivity index (χ4v) is 1.69. The van der Waals surface area contributed by atoms with Gasteiger partial charge in [0.25, 0.3) is 0 Å². The van der Waals surface area contributed by atoms with Gasteiger partial charge in [0.2, 0.25) is 5.28 Å². The maximum atomic E-state index is 5.88. The third kappa shape index (κ3) is 2.13. The van der Waals surface area contributed by atoms with E-state index >= 15 is 0 Å². The minimum atomic E-state index is 0.200. The fourth-order valence-electron chi connectivity index (χ4n) is 1.49. The lowest BCUT2D eigenvalue weighted by molar-refractivity contribution is 0.0764. The van der Waals surface area contributed by atoms with Gasteiger partial charge in [-0.1, -0.05) is 0 Å². The van der Waals surface area contributed by atoms with E-state index in [-0.39, 0.29) is 5.28 Å². The number of nitrogen functional groups attached to an aromatic ring is 1. The Hall–Kier alpha value is -1.07. The number of nitrogens with two attached hydrogens (primary N) is 1. The Bertz CT molecular complexity index is 365. The van der Waals surface area contributed by atoms with Crippen LogP contribution in [-0.2, 0) is 4.84 Å². The van der Waals surface area contributed by atoms with E-state index in [0.717, 1.165) is 19.4 Å². The molecule has 1 aromatic rings. The van der Waals surface area contributed by atoms with Crippen LogP contribution in [0.4, 0.5) is 11.5 Å². The van der Waals surface area contributed by atoms with Crippen LogP contribution in [0.15, 0.2) is 0 Å². The summed E-state index contributed by atoms with van der Waals surface area (Å²) in [4.78, 5) is 13.5. The Morgan fingerprint density at radius 3 is 2.87 bits per heavy atom. The van der Waals surface area contributed by atoms with Gasteiger partial charge in [-0.3, -0.25) is 4.84 Å². The zero-order valence-corrected chi connectivity index (χ0v) is 9.29. The molecule has 6 heteroatoms. The number of hydroxylamine groups is 1. The molecule has 1 aliphatic heterocycles. The molecule has 0 atom stereocenters. The molecule has 1 saturated heterocycles. The van der Waals surface area contributed by atoms with E-state index in [1.165, 1.54) is 0 Å². The molecule has 0 aromatic carbocycles. The molecule has 2 heterocycles. The maximum absolute atomic E-state index is 5.88. The second-order valence-electron chi connectivity index (χ2n) is 3.46. The van der Waals surface area contributed by atoms with Crippen LogP contribution in [0.5, 0.6) is 0 Å². The summed E-state index contributed by atoms with van der Waals surface area (Å²) in [6, 6.07) is 0. The highest BCUT2D eigenvalue weighted by molar-refractivity contribution is 6.28. The summed E-state index contributed by atoms with van der Waals surface area (Å²) in [6.45, 7) is 3.29. The lowest BCUT2D eigenvalue weighted by Crippen LogP contribution is -2.31. The summed E-state index contributed by atoms with van der Waals surface area (Å²) < 4.78 is 0. The highest BCUT2D eigenvalue weighted by atomic mass is 35.5. The predicted molar refractivity (Wildman–Crippen MR) is 58.7 cm³/mol. The number of hydrogen-bond donors (Lipinski definition) is 1. The third-order valence-corrected chi connectivity index (χ3v) is 2.50. The first-order chi connectivity index (χ1) is 7.18. The largest absolute Gasteiger partial charge is 0.394 e. The van der Waals surface area contributed by atoms with Crippen LogP contribution in [0.2, 0.25) is 5.28 Å². The van der Waals surface area contributed by atoms with Crippen LogP contribution in [0, 0.1) is 6.92 Å². The van der Waals surface area contributed by atoms with Gasteiger partial charge < -0.3 is 5.73 Å². The van der Waals surface area contributed by atoms with E-state index in [1.807, 2.05) is 0 Å². The number of aromatic nitrogens is 2. The minimum absolute atomic E-state index is 0.200. The van der Waals surface area contributed by atoms with E-state index < -0.39 is 0 Å². The summed E-state index contributed by atoms with van der Waals surface area (Å²) in [7, 11) is 0. The maximum Gasteiger partial charge on any atom is 0.224 e. The second kappa shape index (κ2) is 4.20. The number of nitrogens with zero attached hydrogens (tertiary/aromatic N) is 3. The molecule has 0 bridgehead atoms. The number of aryl methyl sites for hydroxylation is 1. The minimum Gasteiger partial charge on any atom is -0.394 e. The smallest absolute Gasteiger partial charge is 0.224 e. The van der Waals surface area contributed by atoms with Gasteiger partial charge in [-0.05, 0) is 31.4 Å². The van der Waals surface area contributed by atoms with Crippen molar-refractivity contribution in [3.63, 3.8) is 0 Å². The number of rotatable bonds is 1. The molecule has 0 saturated carbocycles. The van der Waals surface area contributed by atoms with Crippen molar-refractivity contribution in [2.24, 2.45) is 0 Å². The van der Waals surface area contributed by atoms with Gasteiger partial charge in [-0.2, -0.15) is 4.98 Å². The summed E-state index contributed by atoms with van der Waals surface area (Å²) in [6.07, 6.45) is 2.13. The SMILES string of the molecule is Cc1nc(Cl)nc(N2CCCCO2)c1N. The van der Waals surface area contributed by atoms with Gasteiger partial charge >= 0.3 is 0 Å². The number of hydrogen-bond acceptors (Lipinski definition) is 5. The van der Waals surface area contributed by atoms with Crippen molar-refractivity contribution in [2.75, 3.05) is 23.9 Å². The molecule has 1 fully saturated rings. The second-order valence-corrected chi connectivity index (χ2v) is 3.80. The van der Waals surface area contributed by atoms with Crippen LogP contribution in [0.25, 0.3) is 0 Å². The van der Waals surface area contributed by atoms with Crippen molar-refractivity contribution in [2.45, 2.75) is 19.8 Å². The van der Waals surface area contributed by atoms with E-state index in [0.29, 0.717) is 23.8 Å². The van der Waals surface area contributed by atoms with Gasteiger partial charge in [0.15, 0.2) is 5.82 Å². The predicted octanol–water partition coefficient (Wildman–Crippen LogP) is 1.55. The molecular weight excluding hydrogens is 216 g/mol. The van der Waals surface area contributed by atoms with Crippen molar-refractivity contribution in [3.8, 4) is 0 Å². The molecule has 2 N–H and O–H groups in total. The van der Waals surface area contributed by atoms with E-state index in [4.69, 9.17) is 22.2 Å². The summed E-state index contributed by atoms with van der Waals surface area (Å²) in [5.74, 6) is 0.576. The van der Waals surface area contributed by atoms with Crippen molar-refractivity contribution >= 4 is 23.1 Å². The van der Waals surface area contributed by atoms with E-state index in [1.54, 1.807) is 12.0 Å². The topological polar surface area (TPSA) is 64.3 Å². The fraction of sp³-hybridized carbons (Fsp3) is 0.556. The van der Waals surface area contributed by atoms with Gasteiger partial charge in [0.1, 0.15) is 0 Å². The van der Waals surface area contributed by atoms with Crippen LogP contribution in [-0.4, -0.2) is 23.1 Å². The molecule has 15 heavy (non-hydrogen) atoms. The standard InChI is InChI=1S/C9H13ClN4O/c1-6-7(11)8(13-9(10)12-6)14-4-2-3-5-15-14/h2-5,11H2,1H3. The first-order valence-corrected chi connectivity index (χ1v) is 5.26. The van der Waals surface area contributed by atoms with Crippen LogP contribution < -0.4 is 10.8 Å². The summed E-state index contributed by atoms with van der Waals surface area (Å²) >= 11 is 5.78. The number of halogens is 1. The van der Waals surface area contributed by atoms with Crippen molar-refractivity contribution in [1.29, 1.82) is 0 Å². The third-order valence-electron chi connectivity index (χ3n) is 2.33. The summed E-state index contributed by atoms with van der Waals surface area (Å²) in [5.41, 5.74) is 7.09. The average Bonchev–Trinajstić information content (AvgIpc) is 2.24. The lowest BCUT2D eigenvalue weighted by Gasteiger charge is -2.27. The molecule has 0 amide bonds. The van der Waals surface area contributed by atoms with Crippen molar-refractivity contribution < 1.29 is 4.84 Å². The van der Waals surface area contributed by atoms with Crippen molar-refractivity contribution in [1.82, 2.24) is 9.97 Å². The van der Waals surface area contributed by atoms with Crippen LogP contribution >= 0.6 is 11.6 Å². The Labute approximate surface area is 93.2 Å². The molecule has 2 rings (SSSR count). The van der Waals surface area contributed by atoms with Gasteiger partial charge in [0.05, 0.1) is 18.0 Å². The van der Waals surface area contributed by atoms with Gasteiger partial charge in [-0.25, -0.2) is 10.0 Å². The average molecular weight is 229 g/mol. The molecule has 1 aromatic heterocycles. The molecule has 5 nitrogen and oxygen atoms in total. The first-order valence-electron chi connectivity index (χ1n) is 4.88. The van der Waals surface area contributed by atoms with Gasteiger partial charge in [-0.15, -0.1) is 0 Å². The Morgan fingerprint density at radius 1 is 1.40 bits per heavy atom. The Morgan fingerprint density at radius 2 is 2.20 bits per heavy atom. The number of anilines is 2. The Balaban J connectivity index is 2.33. The van der Waals surface area contributed by atoms with Crippen LogP contribution in [0.3, 0.4) is 0 Å². The molecule has 0 spiro atoms. The summed E-state index contributed by atoms with van der Waals surface area (Å²) in [5, 5.41) is 1.89. The molecular formula is C9H13ClN4O. The molecule has 0 radical (unpaired) electrons. The molecule has 82 valence electrons.